The molecule has 0 radical (unpaired) electrons. The van der Waals surface area contributed by atoms with Crippen LogP contribution in [-0.4, -0.2) is 23.6 Å². The van der Waals surface area contributed by atoms with E-state index in [0.717, 1.165) is 11.3 Å². The van der Waals surface area contributed by atoms with Crippen molar-refractivity contribution in [3.8, 4) is 5.75 Å². The molecule has 0 fully saturated rings. The first-order chi connectivity index (χ1) is 11.6. The normalized spacial score (nSPS) is 10.5. The van der Waals surface area contributed by atoms with Gasteiger partial charge < -0.3 is 15.2 Å². The number of carbonyl (C=O) groups is 2. The first-order valence-electron chi connectivity index (χ1n) is 7.59. The van der Waals surface area contributed by atoms with E-state index >= 15 is 0 Å². The smallest absolute Gasteiger partial charge is 0.307 e. The minimum absolute atomic E-state index is 0.0358. The Labute approximate surface area is 140 Å². The van der Waals surface area contributed by atoms with E-state index < -0.39 is 5.97 Å². The van der Waals surface area contributed by atoms with Crippen LogP contribution in [0.15, 0.2) is 54.6 Å². The molecule has 5 heteroatoms. The number of hydrogen-bond acceptors (Lipinski definition) is 3. The first-order valence-corrected chi connectivity index (χ1v) is 7.59. The highest BCUT2D eigenvalue weighted by Crippen LogP contribution is 2.14. The van der Waals surface area contributed by atoms with Crippen molar-refractivity contribution in [2.45, 2.75) is 13.3 Å². The van der Waals surface area contributed by atoms with E-state index in [1.54, 1.807) is 30.3 Å². The van der Waals surface area contributed by atoms with Crippen LogP contribution in [-0.2, 0) is 16.0 Å². The molecule has 0 unspecified atom stereocenters. The van der Waals surface area contributed by atoms with Gasteiger partial charge in [0.25, 0.3) is 0 Å². The van der Waals surface area contributed by atoms with E-state index in [0.29, 0.717) is 17.9 Å². The van der Waals surface area contributed by atoms with Gasteiger partial charge in [-0.05, 0) is 48.4 Å². The van der Waals surface area contributed by atoms with Crippen LogP contribution in [0.1, 0.15) is 18.1 Å². The summed E-state index contributed by atoms with van der Waals surface area (Å²) in [4.78, 5) is 22.5. The Balaban J connectivity index is 1.91. The molecule has 0 aromatic heterocycles. The fraction of sp³-hybridized carbons (Fsp3) is 0.158. The van der Waals surface area contributed by atoms with Crippen LogP contribution in [0.5, 0.6) is 5.75 Å². The highest BCUT2D eigenvalue weighted by atomic mass is 16.5. The van der Waals surface area contributed by atoms with E-state index in [4.69, 9.17) is 9.84 Å². The Hall–Kier alpha value is -3.08. The number of carboxylic acids is 1. The Morgan fingerprint density at radius 3 is 2.33 bits per heavy atom. The van der Waals surface area contributed by atoms with Gasteiger partial charge in [-0.1, -0.05) is 24.3 Å². The minimum Gasteiger partial charge on any atom is -0.494 e. The zero-order chi connectivity index (χ0) is 17.4. The molecule has 0 aliphatic rings. The van der Waals surface area contributed by atoms with Gasteiger partial charge in [-0.2, -0.15) is 0 Å². The van der Waals surface area contributed by atoms with E-state index in [9.17, 15) is 9.59 Å². The van der Waals surface area contributed by atoms with Crippen LogP contribution in [0.25, 0.3) is 6.08 Å². The number of carbonyl (C=O) groups excluding carboxylic acids is 1. The standard InChI is InChI=1S/C19H19NO4/c1-2-24-17-10-5-14(6-11-17)7-12-18(21)20-16-8-3-15(4-9-16)13-19(22)23/h3-12H,2,13H2,1H3,(H,20,21)(H,22,23)/b12-7+. The summed E-state index contributed by atoms with van der Waals surface area (Å²) in [5.74, 6) is -0.347. The summed E-state index contributed by atoms with van der Waals surface area (Å²) < 4.78 is 5.36. The summed E-state index contributed by atoms with van der Waals surface area (Å²) >= 11 is 0. The SMILES string of the molecule is CCOc1ccc(/C=C/C(=O)Nc2ccc(CC(=O)O)cc2)cc1. The van der Waals surface area contributed by atoms with Crippen LogP contribution in [0.2, 0.25) is 0 Å². The zero-order valence-corrected chi connectivity index (χ0v) is 13.4. The van der Waals surface area contributed by atoms with Gasteiger partial charge in [0.2, 0.25) is 5.91 Å². The van der Waals surface area contributed by atoms with Gasteiger partial charge in [-0.25, -0.2) is 0 Å². The van der Waals surface area contributed by atoms with Crippen molar-refractivity contribution < 1.29 is 19.4 Å². The molecule has 24 heavy (non-hydrogen) atoms. The zero-order valence-electron chi connectivity index (χ0n) is 13.4. The van der Waals surface area contributed by atoms with Gasteiger partial charge in [0.15, 0.2) is 0 Å². The molecule has 0 saturated carbocycles. The van der Waals surface area contributed by atoms with Crippen LogP contribution in [0.3, 0.4) is 0 Å². The highest BCUT2D eigenvalue weighted by molar-refractivity contribution is 6.01. The lowest BCUT2D eigenvalue weighted by atomic mass is 10.1. The number of amides is 1. The monoisotopic (exact) mass is 325 g/mol. The Morgan fingerprint density at radius 2 is 1.75 bits per heavy atom. The van der Waals surface area contributed by atoms with Crippen molar-refractivity contribution in [1.29, 1.82) is 0 Å². The molecule has 2 N–H and O–H groups in total. The van der Waals surface area contributed by atoms with Gasteiger partial charge in [-0.3, -0.25) is 9.59 Å². The van der Waals surface area contributed by atoms with Gasteiger partial charge in [0.05, 0.1) is 13.0 Å². The maximum atomic E-state index is 11.9. The predicted octanol–water partition coefficient (Wildman–Crippen LogP) is 3.36. The molecule has 124 valence electrons. The average molecular weight is 325 g/mol. The van der Waals surface area contributed by atoms with E-state index in [-0.39, 0.29) is 12.3 Å². The summed E-state index contributed by atoms with van der Waals surface area (Å²) in [6, 6.07) is 14.2. The number of rotatable bonds is 7. The molecule has 0 aliphatic heterocycles. The maximum Gasteiger partial charge on any atom is 0.307 e. The fourth-order valence-electron chi connectivity index (χ4n) is 2.08. The highest BCUT2D eigenvalue weighted by Gasteiger charge is 2.02. The molecule has 0 atom stereocenters. The number of nitrogens with one attached hydrogen (secondary N) is 1. The Kier molecular flexibility index (Phi) is 6.14. The number of hydrogen-bond donors (Lipinski definition) is 2. The molecule has 0 bridgehead atoms. The van der Waals surface area contributed by atoms with Crippen molar-refractivity contribution in [2.75, 3.05) is 11.9 Å². The van der Waals surface area contributed by atoms with Gasteiger partial charge in [0.1, 0.15) is 5.75 Å². The number of ether oxygens (including phenoxy) is 1. The van der Waals surface area contributed by atoms with Crippen molar-refractivity contribution in [2.24, 2.45) is 0 Å². The van der Waals surface area contributed by atoms with Gasteiger partial charge in [-0.15, -0.1) is 0 Å². The second-order valence-electron chi connectivity index (χ2n) is 5.09. The van der Waals surface area contributed by atoms with Crippen molar-refractivity contribution in [1.82, 2.24) is 0 Å². The summed E-state index contributed by atoms with van der Waals surface area (Å²) in [6.45, 7) is 2.54. The summed E-state index contributed by atoms with van der Waals surface area (Å²) in [5, 5.41) is 11.4. The van der Waals surface area contributed by atoms with Crippen LogP contribution < -0.4 is 10.1 Å². The van der Waals surface area contributed by atoms with E-state index in [2.05, 4.69) is 5.32 Å². The Morgan fingerprint density at radius 1 is 1.08 bits per heavy atom. The third kappa shape index (κ3) is 5.61. The lowest BCUT2D eigenvalue weighted by molar-refractivity contribution is -0.136. The topological polar surface area (TPSA) is 75.6 Å². The maximum absolute atomic E-state index is 11.9. The number of anilines is 1. The lowest BCUT2D eigenvalue weighted by Crippen LogP contribution is -2.08. The second kappa shape index (κ2) is 8.53. The molecule has 2 aromatic carbocycles. The average Bonchev–Trinajstić information content (AvgIpc) is 2.56. The minimum atomic E-state index is -0.884. The fourth-order valence-corrected chi connectivity index (χ4v) is 2.08. The van der Waals surface area contributed by atoms with Gasteiger partial charge >= 0.3 is 5.97 Å². The summed E-state index contributed by atoms with van der Waals surface area (Å²) in [5.41, 5.74) is 2.20. The molecule has 1 amide bonds. The van der Waals surface area contributed by atoms with E-state index in [1.807, 2.05) is 31.2 Å². The number of benzene rings is 2. The van der Waals surface area contributed by atoms with Crippen LogP contribution >= 0.6 is 0 Å². The molecule has 2 aromatic rings. The van der Waals surface area contributed by atoms with Crippen LogP contribution in [0.4, 0.5) is 5.69 Å². The van der Waals surface area contributed by atoms with Gasteiger partial charge in [0, 0.05) is 11.8 Å². The van der Waals surface area contributed by atoms with Crippen LogP contribution in [0, 0.1) is 0 Å². The molecular formula is C19H19NO4. The predicted molar refractivity (Wildman–Crippen MR) is 93.1 cm³/mol. The molecule has 0 spiro atoms. The van der Waals surface area contributed by atoms with Crippen molar-refractivity contribution >= 4 is 23.6 Å². The molecule has 0 saturated heterocycles. The molecule has 0 aliphatic carbocycles. The summed E-state index contributed by atoms with van der Waals surface area (Å²) in [6.07, 6.45) is 3.12. The number of aliphatic carboxylic acids is 1. The van der Waals surface area contributed by atoms with E-state index in [1.165, 1.54) is 6.08 Å². The summed E-state index contributed by atoms with van der Waals surface area (Å²) in [7, 11) is 0. The molecule has 5 nitrogen and oxygen atoms in total. The molecule has 0 heterocycles. The third-order valence-electron chi connectivity index (χ3n) is 3.20. The molecular weight excluding hydrogens is 306 g/mol. The van der Waals surface area contributed by atoms with Crippen molar-refractivity contribution in [3.63, 3.8) is 0 Å². The second-order valence-corrected chi connectivity index (χ2v) is 5.09. The lowest BCUT2D eigenvalue weighted by Gasteiger charge is -2.04. The number of carboxylic acid groups (broad SMARTS) is 1. The molecule has 2 rings (SSSR count). The van der Waals surface area contributed by atoms with Crippen molar-refractivity contribution in [3.05, 3.63) is 65.7 Å². The largest absolute Gasteiger partial charge is 0.494 e. The third-order valence-corrected chi connectivity index (χ3v) is 3.20. The quantitative estimate of drug-likeness (QED) is 0.765. The Bertz CT molecular complexity index is 718. The first kappa shape index (κ1) is 17.3.